The first-order chi connectivity index (χ1) is 8.58. The largest absolute Gasteiger partial charge is 0.493 e. The van der Waals surface area contributed by atoms with Crippen molar-refractivity contribution in [2.45, 2.75) is 40.2 Å². The first-order valence-electron chi connectivity index (χ1n) is 6.42. The zero-order chi connectivity index (χ0) is 13.5. The molecule has 1 aromatic rings. The number of aryl methyl sites for hydroxylation is 2. The van der Waals surface area contributed by atoms with Gasteiger partial charge in [0.05, 0.1) is 18.7 Å². The van der Waals surface area contributed by atoms with E-state index in [4.69, 9.17) is 10.00 Å². The second kappa shape index (κ2) is 7.03. The van der Waals surface area contributed by atoms with Gasteiger partial charge in [0.15, 0.2) is 0 Å². The van der Waals surface area contributed by atoms with Crippen LogP contribution in [0, 0.1) is 32.1 Å². The fourth-order valence-corrected chi connectivity index (χ4v) is 1.90. The Hall–Kier alpha value is -1.53. The summed E-state index contributed by atoms with van der Waals surface area (Å²) in [5, 5.41) is 12.0. The summed E-state index contributed by atoms with van der Waals surface area (Å²) in [7, 11) is 0. The summed E-state index contributed by atoms with van der Waals surface area (Å²) in [6.45, 7) is 9.59. The van der Waals surface area contributed by atoms with Crippen molar-refractivity contribution in [3.05, 3.63) is 28.8 Å². The van der Waals surface area contributed by atoms with Crippen molar-refractivity contribution in [2.75, 3.05) is 13.2 Å². The van der Waals surface area contributed by atoms with Crippen LogP contribution in [0.5, 0.6) is 5.75 Å². The van der Waals surface area contributed by atoms with E-state index in [9.17, 15) is 0 Å². The van der Waals surface area contributed by atoms with Gasteiger partial charge in [0.1, 0.15) is 5.75 Å². The van der Waals surface area contributed by atoms with E-state index >= 15 is 0 Å². The third-order valence-electron chi connectivity index (χ3n) is 3.03. The first kappa shape index (κ1) is 14.5. The molecule has 0 spiro atoms. The van der Waals surface area contributed by atoms with E-state index in [1.807, 2.05) is 6.92 Å². The van der Waals surface area contributed by atoms with Crippen LogP contribution in [0.2, 0.25) is 0 Å². The molecule has 18 heavy (non-hydrogen) atoms. The molecule has 98 valence electrons. The quantitative estimate of drug-likeness (QED) is 0.839. The van der Waals surface area contributed by atoms with E-state index in [2.05, 4.69) is 44.3 Å². The summed E-state index contributed by atoms with van der Waals surface area (Å²) in [6.07, 6.45) is 0.705. The molecule has 0 aliphatic carbocycles. The Morgan fingerprint density at radius 3 is 2.67 bits per heavy atom. The highest BCUT2D eigenvalue weighted by molar-refractivity contribution is 5.41. The van der Waals surface area contributed by atoms with Crippen molar-refractivity contribution in [2.24, 2.45) is 0 Å². The molecule has 1 aromatic carbocycles. The normalized spacial score (nSPS) is 11.9. The van der Waals surface area contributed by atoms with Gasteiger partial charge >= 0.3 is 0 Å². The molecule has 0 aliphatic heterocycles. The minimum atomic E-state index is -0.124. The van der Waals surface area contributed by atoms with E-state index < -0.39 is 0 Å². The fraction of sp³-hybridized carbons (Fsp3) is 0.533. The molecule has 3 heteroatoms. The van der Waals surface area contributed by atoms with Crippen molar-refractivity contribution in [3.8, 4) is 11.8 Å². The smallest absolute Gasteiger partial charge is 0.122 e. The molecule has 0 aromatic heterocycles. The Bertz CT molecular complexity index is 435. The molecule has 0 amide bonds. The predicted octanol–water partition coefficient (Wildman–Crippen LogP) is 2.88. The SMILES string of the molecule is CCNC(C#N)CCOc1cc(C)cc(C)c1C. The fourth-order valence-electron chi connectivity index (χ4n) is 1.90. The van der Waals surface area contributed by atoms with Crippen molar-refractivity contribution < 1.29 is 4.74 Å². The molecule has 1 N–H and O–H groups in total. The van der Waals surface area contributed by atoms with Crippen LogP contribution < -0.4 is 10.1 Å². The highest BCUT2D eigenvalue weighted by atomic mass is 16.5. The zero-order valence-electron chi connectivity index (χ0n) is 11.7. The number of hydrogen-bond donors (Lipinski definition) is 1. The summed E-state index contributed by atoms with van der Waals surface area (Å²) in [4.78, 5) is 0. The monoisotopic (exact) mass is 246 g/mol. The number of hydrogen-bond acceptors (Lipinski definition) is 3. The molecule has 1 unspecified atom stereocenters. The molecule has 0 heterocycles. The van der Waals surface area contributed by atoms with Crippen LogP contribution >= 0.6 is 0 Å². The number of rotatable bonds is 6. The lowest BCUT2D eigenvalue weighted by Gasteiger charge is -2.14. The van der Waals surface area contributed by atoms with Crippen LogP contribution in [-0.4, -0.2) is 19.2 Å². The average molecular weight is 246 g/mol. The molecular weight excluding hydrogens is 224 g/mol. The van der Waals surface area contributed by atoms with Gasteiger partial charge in [-0.25, -0.2) is 0 Å². The van der Waals surface area contributed by atoms with Gasteiger partial charge in [0, 0.05) is 6.42 Å². The molecule has 3 nitrogen and oxygen atoms in total. The summed E-state index contributed by atoms with van der Waals surface area (Å²) >= 11 is 0. The Morgan fingerprint density at radius 2 is 2.06 bits per heavy atom. The van der Waals surface area contributed by atoms with Crippen LogP contribution in [0.1, 0.15) is 30.0 Å². The van der Waals surface area contributed by atoms with Gasteiger partial charge in [0.2, 0.25) is 0 Å². The molecule has 0 saturated carbocycles. The summed E-state index contributed by atoms with van der Waals surface area (Å²) in [5.41, 5.74) is 3.63. The van der Waals surface area contributed by atoms with Gasteiger partial charge in [-0.05, 0) is 50.1 Å². The van der Waals surface area contributed by atoms with Crippen LogP contribution in [0.4, 0.5) is 0 Å². The van der Waals surface area contributed by atoms with Gasteiger partial charge in [-0.2, -0.15) is 5.26 Å². The van der Waals surface area contributed by atoms with Crippen LogP contribution in [0.15, 0.2) is 12.1 Å². The van der Waals surface area contributed by atoms with E-state index in [-0.39, 0.29) is 6.04 Å². The predicted molar refractivity (Wildman–Crippen MR) is 73.8 cm³/mol. The lowest BCUT2D eigenvalue weighted by Crippen LogP contribution is -2.28. The molecule has 0 saturated heterocycles. The van der Waals surface area contributed by atoms with Gasteiger partial charge in [-0.15, -0.1) is 0 Å². The second-order valence-corrected chi connectivity index (χ2v) is 4.58. The molecule has 0 bridgehead atoms. The third kappa shape index (κ3) is 4.05. The van der Waals surface area contributed by atoms with E-state index in [1.165, 1.54) is 16.7 Å². The molecule has 0 radical (unpaired) electrons. The van der Waals surface area contributed by atoms with E-state index in [0.29, 0.717) is 13.0 Å². The summed E-state index contributed by atoms with van der Waals surface area (Å²) in [6, 6.07) is 6.32. The lowest BCUT2D eigenvalue weighted by atomic mass is 10.1. The first-order valence-corrected chi connectivity index (χ1v) is 6.42. The lowest BCUT2D eigenvalue weighted by molar-refractivity contribution is 0.296. The number of ether oxygens (including phenoxy) is 1. The van der Waals surface area contributed by atoms with Crippen LogP contribution in [0.3, 0.4) is 0 Å². The summed E-state index contributed by atoms with van der Waals surface area (Å²) in [5.74, 6) is 0.931. The third-order valence-corrected chi connectivity index (χ3v) is 3.03. The highest BCUT2D eigenvalue weighted by Crippen LogP contribution is 2.23. The van der Waals surface area contributed by atoms with Crippen molar-refractivity contribution in [1.82, 2.24) is 5.32 Å². The highest BCUT2D eigenvalue weighted by Gasteiger charge is 2.07. The van der Waals surface area contributed by atoms with Crippen molar-refractivity contribution in [1.29, 1.82) is 5.26 Å². The van der Waals surface area contributed by atoms with E-state index in [0.717, 1.165) is 12.3 Å². The minimum absolute atomic E-state index is 0.124. The maximum absolute atomic E-state index is 8.93. The number of benzene rings is 1. The Labute approximate surface area is 110 Å². The van der Waals surface area contributed by atoms with Crippen LogP contribution in [-0.2, 0) is 0 Å². The van der Waals surface area contributed by atoms with Gasteiger partial charge in [-0.1, -0.05) is 13.0 Å². The Morgan fingerprint density at radius 1 is 1.33 bits per heavy atom. The number of nitrogens with one attached hydrogen (secondary N) is 1. The van der Waals surface area contributed by atoms with E-state index in [1.54, 1.807) is 0 Å². The molecular formula is C15H22N2O. The molecule has 0 fully saturated rings. The van der Waals surface area contributed by atoms with Crippen molar-refractivity contribution >= 4 is 0 Å². The Kier molecular flexibility index (Phi) is 5.67. The average Bonchev–Trinajstić information content (AvgIpc) is 2.33. The van der Waals surface area contributed by atoms with Gasteiger partial charge < -0.3 is 10.1 Å². The van der Waals surface area contributed by atoms with Gasteiger partial charge in [-0.3, -0.25) is 0 Å². The number of nitrogens with zero attached hydrogens (tertiary/aromatic N) is 1. The van der Waals surface area contributed by atoms with Gasteiger partial charge in [0.25, 0.3) is 0 Å². The summed E-state index contributed by atoms with van der Waals surface area (Å²) < 4.78 is 5.79. The molecule has 1 rings (SSSR count). The molecule has 0 aliphatic rings. The second-order valence-electron chi connectivity index (χ2n) is 4.58. The maximum atomic E-state index is 8.93. The van der Waals surface area contributed by atoms with Crippen LogP contribution in [0.25, 0.3) is 0 Å². The number of nitriles is 1. The van der Waals surface area contributed by atoms with Crippen molar-refractivity contribution in [3.63, 3.8) is 0 Å². The topological polar surface area (TPSA) is 45.0 Å². The standard InChI is InChI=1S/C15H22N2O/c1-5-17-14(10-16)6-7-18-15-9-11(2)8-12(3)13(15)4/h8-9,14,17H,5-7H2,1-4H3. The zero-order valence-corrected chi connectivity index (χ0v) is 11.7. The Balaban J connectivity index is 2.56. The molecule has 1 atom stereocenters. The minimum Gasteiger partial charge on any atom is -0.493 e. The maximum Gasteiger partial charge on any atom is 0.122 e.